The zero-order valence-corrected chi connectivity index (χ0v) is 11.3. The fourth-order valence-electron chi connectivity index (χ4n) is 1.84. The van der Waals surface area contributed by atoms with Gasteiger partial charge in [-0.2, -0.15) is 0 Å². The summed E-state index contributed by atoms with van der Waals surface area (Å²) < 4.78 is 0.381. The molecular formula is C10H8BrClN2O4. The van der Waals surface area contributed by atoms with E-state index in [1.54, 1.807) is 0 Å². The Kier molecular flexibility index (Phi) is 3.56. The minimum atomic E-state index is -0.806. The fourth-order valence-corrected chi connectivity index (χ4v) is 2.39. The normalized spacial score (nSPS) is 19.4. The van der Waals surface area contributed by atoms with Gasteiger partial charge in [-0.25, -0.2) is 0 Å². The Morgan fingerprint density at radius 3 is 2.72 bits per heavy atom. The topological polar surface area (TPSA) is 83.7 Å². The van der Waals surface area contributed by atoms with Crippen LogP contribution < -0.4 is 4.90 Å². The summed E-state index contributed by atoms with van der Waals surface area (Å²) in [5.74, 6) is -0.357. The average Bonchev–Trinajstić information content (AvgIpc) is 2.61. The Balaban J connectivity index is 2.54. The monoisotopic (exact) mass is 334 g/mol. The van der Waals surface area contributed by atoms with Gasteiger partial charge >= 0.3 is 5.69 Å². The summed E-state index contributed by atoms with van der Waals surface area (Å²) in [5.41, 5.74) is -0.233. The van der Waals surface area contributed by atoms with Gasteiger partial charge in [-0.05, 0) is 28.1 Å². The predicted octanol–water partition coefficient (Wildman–Crippen LogP) is 2.11. The van der Waals surface area contributed by atoms with Crippen molar-refractivity contribution in [1.82, 2.24) is 0 Å². The van der Waals surface area contributed by atoms with Gasteiger partial charge in [-0.3, -0.25) is 14.9 Å². The number of carbonyl (C=O) groups excluding carboxylic acids is 1. The molecule has 0 aromatic heterocycles. The van der Waals surface area contributed by atoms with Crippen LogP contribution in [0.1, 0.15) is 6.42 Å². The van der Waals surface area contributed by atoms with Gasteiger partial charge in [-0.1, -0.05) is 11.6 Å². The molecule has 0 radical (unpaired) electrons. The van der Waals surface area contributed by atoms with Crippen LogP contribution in [0, 0.1) is 10.1 Å². The molecule has 1 amide bonds. The number of halogens is 2. The zero-order chi connectivity index (χ0) is 13.4. The van der Waals surface area contributed by atoms with Crippen molar-refractivity contribution in [2.45, 2.75) is 12.5 Å². The third kappa shape index (κ3) is 2.21. The van der Waals surface area contributed by atoms with Gasteiger partial charge in [0.15, 0.2) is 0 Å². The molecule has 1 heterocycles. The van der Waals surface area contributed by atoms with Crippen LogP contribution in [0.25, 0.3) is 0 Å². The molecule has 1 aromatic rings. The summed E-state index contributed by atoms with van der Waals surface area (Å²) >= 11 is 8.96. The second-order valence-electron chi connectivity index (χ2n) is 3.85. The van der Waals surface area contributed by atoms with Gasteiger partial charge in [0, 0.05) is 4.47 Å². The molecule has 0 bridgehead atoms. The van der Waals surface area contributed by atoms with Gasteiger partial charge < -0.3 is 10.0 Å². The van der Waals surface area contributed by atoms with Gasteiger partial charge in [0.25, 0.3) is 0 Å². The maximum atomic E-state index is 11.6. The lowest BCUT2D eigenvalue weighted by Crippen LogP contribution is -2.26. The van der Waals surface area contributed by atoms with Crippen molar-refractivity contribution < 1.29 is 14.8 Å². The highest BCUT2D eigenvalue weighted by Crippen LogP contribution is 2.41. The number of hydrogen-bond donors (Lipinski definition) is 1. The number of benzene rings is 1. The van der Waals surface area contributed by atoms with E-state index >= 15 is 0 Å². The van der Waals surface area contributed by atoms with Crippen LogP contribution in [-0.2, 0) is 4.79 Å². The maximum Gasteiger partial charge on any atom is 0.312 e. The first kappa shape index (κ1) is 13.3. The van der Waals surface area contributed by atoms with E-state index in [4.69, 9.17) is 11.6 Å². The van der Waals surface area contributed by atoms with E-state index in [-0.39, 0.29) is 35.3 Å². The summed E-state index contributed by atoms with van der Waals surface area (Å²) in [7, 11) is 0. The number of carbonyl (C=O) groups is 1. The van der Waals surface area contributed by atoms with Gasteiger partial charge in [0.05, 0.1) is 24.0 Å². The lowest BCUT2D eigenvalue weighted by Gasteiger charge is -2.16. The second-order valence-corrected chi connectivity index (χ2v) is 5.08. The second kappa shape index (κ2) is 4.83. The molecule has 1 unspecified atom stereocenters. The van der Waals surface area contributed by atoms with Gasteiger partial charge in [0.1, 0.15) is 10.7 Å². The molecule has 1 atom stereocenters. The Bertz CT molecular complexity index is 537. The molecule has 0 aliphatic carbocycles. The van der Waals surface area contributed by atoms with Crippen molar-refractivity contribution >= 4 is 44.8 Å². The summed E-state index contributed by atoms with van der Waals surface area (Å²) in [6.45, 7) is 0.0393. The van der Waals surface area contributed by atoms with Gasteiger partial charge in [0.2, 0.25) is 5.91 Å². The average molecular weight is 336 g/mol. The molecule has 1 fully saturated rings. The van der Waals surface area contributed by atoms with E-state index in [0.717, 1.165) is 0 Å². The largest absolute Gasteiger partial charge is 0.391 e. The summed E-state index contributed by atoms with van der Waals surface area (Å²) in [4.78, 5) is 23.2. The SMILES string of the molecule is O=C1CC(O)CN1c1ccc(Br)c(Cl)c1[N+](=O)[O-]. The molecular weight excluding hydrogens is 327 g/mol. The molecule has 1 aromatic carbocycles. The van der Waals surface area contributed by atoms with Crippen molar-refractivity contribution in [3.8, 4) is 0 Å². The number of amides is 1. The number of nitrogens with zero attached hydrogens (tertiary/aromatic N) is 2. The van der Waals surface area contributed by atoms with Crippen LogP contribution in [0.5, 0.6) is 0 Å². The quantitative estimate of drug-likeness (QED) is 0.663. The summed E-state index contributed by atoms with van der Waals surface area (Å²) in [5, 5.41) is 20.4. The zero-order valence-electron chi connectivity index (χ0n) is 8.97. The standard InChI is InChI=1S/C10H8BrClN2O4/c11-6-1-2-7(10(9(6)12)14(17)18)13-4-5(15)3-8(13)16/h1-2,5,15H,3-4H2. The smallest absolute Gasteiger partial charge is 0.312 e. The lowest BCUT2D eigenvalue weighted by atomic mass is 10.2. The van der Waals surface area contributed by atoms with Crippen LogP contribution in [0.4, 0.5) is 11.4 Å². The molecule has 2 rings (SSSR count). The van der Waals surface area contributed by atoms with Crippen LogP contribution in [0.15, 0.2) is 16.6 Å². The Morgan fingerprint density at radius 2 is 2.22 bits per heavy atom. The van der Waals surface area contributed by atoms with Gasteiger partial charge in [-0.15, -0.1) is 0 Å². The number of nitro groups is 1. The molecule has 96 valence electrons. The molecule has 0 saturated carbocycles. The van der Waals surface area contributed by atoms with Crippen molar-refractivity contribution in [2.75, 3.05) is 11.4 Å². The van der Waals surface area contributed by atoms with E-state index in [1.807, 2.05) is 0 Å². The van der Waals surface area contributed by atoms with Crippen LogP contribution in [-0.4, -0.2) is 28.6 Å². The molecule has 1 N–H and O–H groups in total. The first-order valence-electron chi connectivity index (χ1n) is 5.02. The molecule has 0 spiro atoms. The number of nitro benzene ring substituents is 1. The molecule has 18 heavy (non-hydrogen) atoms. The number of β-amino-alcohol motifs (C(OH)–C–C–N with tert-alkyl or cyclic N) is 1. The predicted molar refractivity (Wildman–Crippen MR) is 68.8 cm³/mol. The molecule has 8 heteroatoms. The highest BCUT2D eigenvalue weighted by molar-refractivity contribution is 9.10. The third-order valence-electron chi connectivity index (χ3n) is 2.63. The number of aliphatic hydroxyl groups excluding tert-OH is 1. The van der Waals surface area contributed by atoms with Crippen molar-refractivity contribution in [3.63, 3.8) is 0 Å². The van der Waals surface area contributed by atoms with Crippen molar-refractivity contribution in [1.29, 1.82) is 0 Å². The van der Waals surface area contributed by atoms with E-state index in [9.17, 15) is 20.0 Å². The maximum absolute atomic E-state index is 11.6. The minimum absolute atomic E-state index is 0.0369. The van der Waals surface area contributed by atoms with E-state index in [1.165, 1.54) is 17.0 Å². The molecule has 1 saturated heterocycles. The highest BCUT2D eigenvalue weighted by atomic mass is 79.9. The Hall–Kier alpha value is -1.18. The van der Waals surface area contributed by atoms with Crippen molar-refractivity contribution in [3.05, 3.63) is 31.7 Å². The first-order valence-corrected chi connectivity index (χ1v) is 6.19. The lowest BCUT2D eigenvalue weighted by molar-refractivity contribution is -0.384. The van der Waals surface area contributed by atoms with Crippen LogP contribution >= 0.6 is 27.5 Å². The van der Waals surface area contributed by atoms with E-state index < -0.39 is 11.0 Å². The summed E-state index contributed by atoms with van der Waals surface area (Å²) in [6, 6.07) is 2.96. The number of anilines is 1. The van der Waals surface area contributed by atoms with E-state index in [0.29, 0.717) is 4.47 Å². The Morgan fingerprint density at radius 1 is 1.56 bits per heavy atom. The molecule has 1 aliphatic rings. The fraction of sp³-hybridized carbons (Fsp3) is 0.300. The minimum Gasteiger partial charge on any atom is -0.391 e. The molecule has 6 nitrogen and oxygen atoms in total. The van der Waals surface area contributed by atoms with Crippen LogP contribution in [0.2, 0.25) is 5.02 Å². The Labute approximate surface area is 115 Å². The number of aliphatic hydroxyl groups is 1. The van der Waals surface area contributed by atoms with Crippen molar-refractivity contribution in [2.24, 2.45) is 0 Å². The first-order chi connectivity index (χ1) is 8.41. The van der Waals surface area contributed by atoms with E-state index in [2.05, 4.69) is 15.9 Å². The summed E-state index contributed by atoms with van der Waals surface area (Å²) in [6.07, 6.45) is -0.843. The third-order valence-corrected chi connectivity index (χ3v) is 3.90. The molecule has 1 aliphatic heterocycles. The van der Waals surface area contributed by atoms with Crippen LogP contribution in [0.3, 0.4) is 0 Å². The highest BCUT2D eigenvalue weighted by Gasteiger charge is 2.34. The number of rotatable bonds is 2. The number of hydrogen-bond acceptors (Lipinski definition) is 4.